The van der Waals surface area contributed by atoms with E-state index in [-0.39, 0.29) is 0 Å². The summed E-state index contributed by atoms with van der Waals surface area (Å²) in [5.41, 5.74) is 13.2. The molecule has 6 aromatic carbocycles. The quantitative estimate of drug-likeness (QED) is 0.0956. The predicted octanol–water partition coefficient (Wildman–Crippen LogP) is 19.6. The lowest BCUT2D eigenvalue weighted by Crippen LogP contribution is -2.21. The average Bonchev–Trinajstić information content (AvgIpc) is 4.14. The molecule has 0 bridgehead atoms. The van der Waals surface area contributed by atoms with Crippen molar-refractivity contribution >= 4 is 90.8 Å². The Bertz CT molecular complexity index is 3020. The summed E-state index contributed by atoms with van der Waals surface area (Å²) in [4.78, 5) is 15.7. The average molecular weight is 950 g/mol. The zero-order chi connectivity index (χ0) is 45.4. The van der Waals surface area contributed by atoms with Gasteiger partial charge in [0.2, 0.25) is 0 Å². The summed E-state index contributed by atoms with van der Waals surface area (Å²) < 4.78 is 2.64. The highest BCUT2D eigenvalue weighted by molar-refractivity contribution is 8.00. The van der Waals surface area contributed by atoms with E-state index in [2.05, 4.69) is 188 Å². The molecule has 0 saturated carbocycles. The Hall–Kier alpha value is -5.18. The van der Waals surface area contributed by atoms with Crippen molar-refractivity contribution in [3.8, 4) is 41.8 Å². The molecule has 0 spiro atoms. The van der Waals surface area contributed by atoms with Crippen molar-refractivity contribution < 1.29 is 0 Å². The van der Waals surface area contributed by atoms with Crippen molar-refractivity contribution in [3.05, 3.63) is 146 Å². The van der Waals surface area contributed by atoms with Crippen LogP contribution in [0.25, 0.3) is 63.6 Å². The Balaban J connectivity index is 0.929. The molecule has 0 N–H and O–H groups in total. The smallest absolute Gasteiger partial charge is 0.0553 e. The molecule has 9 aromatic rings. The number of para-hydroxylation sites is 2. The first-order valence-corrected chi connectivity index (χ1v) is 27.9. The lowest BCUT2D eigenvalue weighted by atomic mass is 9.99. The van der Waals surface area contributed by atoms with Gasteiger partial charge < -0.3 is 14.4 Å². The third-order valence-corrected chi connectivity index (χ3v) is 18.5. The van der Waals surface area contributed by atoms with Crippen LogP contribution in [0.1, 0.15) is 79.1 Å². The molecule has 1 unspecified atom stereocenters. The van der Waals surface area contributed by atoms with Crippen molar-refractivity contribution in [1.29, 1.82) is 0 Å². The highest BCUT2D eigenvalue weighted by atomic mass is 32.2. The SMILES string of the molecule is CCCCC(CC)Cn1c2ccc(-c3ccc(-c4ccc5c(c4)Sc4ccccc4N5CCCC)s3)cc2c2cc(-c3ccc(-c4ccc5c(c4)Sc4ccccc4N5CCCC)s3)ccc21. The Morgan fingerprint density at radius 2 is 0.836 bits per heavy atom. The van der Waals surface area contributed by atoms with Gasteiger partial charge in [0.25, 0.3) is 0 Å². The maximum atomic E-state index is 2.64. The van der Waals surface area contributed by atoms with Crippen molar-refractivity contribution in [3.63, 3.8) is 0 Å². The van der Waals surface area contributed by atoms with E-state index in [1.165, 1.54) is 157 Å². The number of unbranched alkanes of at least 4 members (excludes halogenated alkanes) is 3. The highest BCUT2D eigenvalue weighted by Crippen LogP contribution is 2.52. The fraction of sp³-hybridized carbons (Fsp3) is 0.267. The van der Waals surface area contributed by atoms with Gasteiger partial charge in [-0.2, -0.15) is 0 Å². The standard InChI is InChI=1S/C60H59N3S4/c1-5-9-16-40(8-4)39-63-47-25-21-41(53-29-31-55(64-53)43-23-27-51-59(37-43)66-57-19-14-12-17-49(57)61(51)33-10-6-2)35-45(47)46-36-42(22-26-48(46)63)54-30-32-56(65-54)44-24-28-52-60(38-44)67-58-20-15-13-18-50(58)62(52)34-11-7-3/h12-15,17-32,35-38,40H,5-11,16,33-34,39H2,1-4H3. The van der Waals surface area contributed by atoms with Crippen LogP contribution in [0.15, 0.2) is 165 Å². The second-order valence-corrected chi connectivity index (χ2v) is 22.7. The minimum atomic E-state index is 0.654. The summed E-state index contributed by atoms with van der Waals surface area (Å²) in [6.07, 6.45) is 9.72. The lowest BCUT2D eigenvalue weighted by molar-refractivity contribution is 0.401. The molecule has 338 valence electrons. The molecule has 0 fully saturated rings. The van der Waals surface area contributed by atoms with Gasteiger partial charge in [0, 0.05) is 80.5 Å². The van der Waals surface area contributed by atoms with E-state index in [4.69, 9.17) is 0 Å². The Kier molecular flexibility index (Phi) is 12.9. The molecule has 0 radical (unpaired) electrons. The van der Waals surface area contributed by atoms with Gasteiger partial charge in [0.1, 0.15) is 0 Å². The van der Waals surface area contributed by atoms with E-state index in [0.717, 1.165) is 19.6 Å². The number of aromatic nitrogens is 1. The first kappa shape index (κ1) is 44.3. The largest absolute Gasteiger partial charge is 0.340 e. The van der Waals surface area contributed by atoms with Crippen LogP contribution in [0.4, 0.5) is 22.7 Å². The Labute approximate surface area is 413 Å². The molecule has 0 amide bonds. The maximum absolute atomic E-state index is 2.64. The molecular weight excluding hydrogens is 891 g/mol. The zero-order valence-electron chi connectivity index (χ0n) is 39.2. The number of rotatable bonds is 16. The topological polar surface area (TPSA) is 11.4 Å². The van der Waals surface area contributed by atoms with Crippen LogP contribution in [0.3, 0.4) is 0 Å². The molecular formula is C60H59N3S4. The number of fused-ring (bicyclic) bond motifs is 7. The van der Waals surface area contributed by atoms with Gasteiger partial charge in [-0.25, -0.2) is 0 Å². The van der Waals surface area contributed by atoms with Gasteiger partial charge in [-0.1, -0.05) is 132 Å². The second-order valence-electron chi connectivity index (χ2n) is 18.3. The summed E-state index contributed by atoms with van der Waals surface area (Å²) in [7, 11) is 0. The molecule has 1 atom stereocenters. The van der Waals surface area contributed by atoms with Gasteiger partial charge >= 0.3 is 0 Å². The first-order chi connectivity index (χ1) is 33.0. The summed E-state index contributed by atoms with van der Waals surface area (Å²) >= 11 is 7.64. The van der Waals surface area contributed by atoms with Crippen LogP contribution in [-0.4, -0.2) is 17.7 Å². The lowest BCUT2D eigenvalue weighted by Gasteiger charge is -2.33. The number of nitrogens with zero attached hydrogens (tertiary/aromatic N) is 3. The highest BCUT2D eigenvalue weighted by Gasteiger charge is 2.26. The Morgan fingerprint density at radius 1 is 0.418 bits per heavy atom. The minimum Gasteiger partial charge on any atom is -0.340 e. The number of hydrogen-bond acceptors (Lipinski definition) is 6. The number of hydrogen-bond donors (Lipinski definition) is 0. The van der Waals surface area contributed by atoms with E-state index in [1.54, 1.807) is 0 Å². The van der Waals surface area contributed by atoms with Crippen LogP contribution in [0.2, 0.25) is 0 Å². The minimum absolute atomic E-state index is 0.654. The van der Waals surface area contributed by atoms with Crippen LogP contribution >= 0.6 is 46.2 Å². The van der Waals surface area contributed by atoms with E-state index in [9.17, 15) is 0 Å². The number of thiophene rings is 2. The molecule has 2 aliphatic heterocycles. The molecule has 2 aliphatic rings. The van der Waals surface area contributed by atoms with E-state index in [0.29, 0.717) is 5.92 Å². The van der Waals surface area contributed by atoms with Crippen molar-refractivity contribution in [1.82, 2.24) is 4.57 Å². The third kappa shape index (κ3) is 8.56. The van der Waals surface area contributed by atoms with Crippen molar-refractivity contribution in [2.45, 2.75) is 105 Å². The Morgan fingerprint density at radius 3 is 1.28 bits per heavy atom. The van der Waals surface area contributed by atoms with Crippen LogP contribution in [0.5, 0.6) is 0 Å². The molecule has 7 heteroatoms. The fourth-order valence-electron chi connectivity index (χ4n) is 10.2. The van der Waals surface area contributed by atoms with Crippen molar-refractivity contribution in [2.75, 3.05) is 22.9 Å². The number of anilines is 4. The molecule has 0 saturated heterocycles. The summed E-state index contributed by atoms with van der Waals surface area (Å²) in [5.74, 6) is 0.654. The monoisotopic (exact) mass is 949 g/mol. The van der Waals surface area contributed by atoms with E-state index >= 15 is 0 Å². The van der Waals surface area contributed by atoms with E-state index in [1.807, 2.05) is 46.2 Å². The fourth-order valence-corrected chi connectivity index (χ4v) is 14.4. The zero-order valence-corrected chi connectivity index (χ0v) is 42.5. The summed E-state index contributed by atoms with van der Waals surface area (Å²) in [6.45, 7) is 12.4. The van der Waals surface area contributed by atoms with Gasteiger partial charge in [-0.05, 0) is 144 Å². The third-order valence-electron chi connectivity index (χ3n) is 13.9. The van der Waals surface area contributed by atoms with Crippen molar-refractivity contribution in [2.24, 2.45) is 5.92 Å². The summed E-state index contributed by atoms with van der Waals surface area (Å²) in [6, 6.07) is 55.9. The second kappa shape index (κ2) is 19.4. The summed E-state index contributed by atoms with van der Waals surface area (Å²) in [5, 5.41) is 2.70. The predicted molar refractivity (Wildman–Crippen MR) is 295 cm³/mol. The first-order valence-electron chi connectivity index (χ1n) is 24.7. The van der Waals surface area contributed by atoms with Gasteiger partial charge in [-0.3, -0.25) is 0 Å². The van der Waals surface area contributed by atoms with Crippen LogP contribution in [-0.2, 0) is 6.54 Å². The molecule has 11 rings (SSSR count). The van der Waals surface area contributed by atoms with E-state index < -0.39 is 0 Å². The van der Waals surface area contributed by atoms with Gasteiger partial charge in [0.15, 0.2) is 0 Å². The molecule has 3 aromatic heterocycles. The molecule has 67 heavy (non-hydrogen) atoms. The normalized spacial score (nSPS) is 13.5. The molecule has 0 aliphatic carbocycles. The maximum Gasteiger partial charge on any atom is 0.0553 e. The van der Waals surface area contributed by atoms with Crippen LogP contribution in [0, 0.1) is 5.92 Å². The van der Waals surface area contributed by atoms with Gasteiger partial charge in [0.05, 0.1) is 22.7 Å². The van der Waals surface area contributed by atoms with Gasteiger partial charge in [-0.15, -0.1) is 22.7 Å². The molecule has 5 heterocycles. The molecule has 3 nitrogen and oxygen atoms in total. The van der Waals surface area contributed by atoms with Crippen LogP contribution < -0.4 is 9.80 Å². The number of benzene rings is 6.